The number of anilines is 1. The van der Waals surface area contributed by atoms with E-state index in [4.69, 9.17) is 4.74 Å². The Morgan fingerprint density at radius 1 is 1.28 bits per heavy atom. The van der Waals surface area contributed by atoms with Crippen LogP contribution in [0.5, 0.6) is 0 Å². The zero-order valence-corrected chi connectivity index (χ0v) is 11.2. The summed E-state index contributed by atoms with van der Waals surface area (Å²) < 4.78 is 5.34. The summed E-state index contributed by atoms with van der Waals surface area (Å²) in [6.07, 6.45) is 0.604. The van der Waals surface area contributed by atoms with Crippen molar-refractivity contribution in [2.45, 2.75) is 26.2 Å². The van der Waals surface area contributed by atoms with E-state index in [1.54, 1.807) is 0 Å². The minimum atomic E-state index is 0.00809. The molecule has 0 aliphatic carbocycles. The maximum atomic E-state index is 11.7. The van der Waals surface area contributed by atoms with E-state index >= 15 is 0 Å². The molecule has 3 heteroatoms. The molecule has 18 heavy (non-hydrogen) atoms. The van der Waals surface area contributed by atoms with Gasteiger partial charge in [-0.1, -0.05) is 26.0 Å². The summed E-state index contributed by atoms with van der Waals surface area (Å²) >= 11 is 0. The topological polar surface area (TPSA) is 29.5 Å². The molecule has 2 rings (SSSR count). The molecule has 1 unspecified atom stereocenters. The smallest absolute Gasteiger partial charge is 0.139 e. The molecule has 0 saturated carbocycles. The van der Waals surface area contributed by atoms with Crippen LogP contribution in [0.1, 0.15) is 31.7 Å². The molecular weight excluding hydrogens is 226 g/mol. The first kappa shape index (κ1) is 13.1. The third-order valence-electron chi connectivity index (χ3n) is 3.60. The molecule has 0 radical (unpaired) electrons. The molecule has 1 aromatic carbocycles. The first-order valence-electron chi connectivity index (χ1n) is 6.67. The van der Waals surface area contributed by atoms with E-state index in [0.29, 0.717) is 12.2 Å². The molecule has 1 aliphatic rings. The summed E-state index contributed by atoms with van der Waals surface area (Å²) in [4.78, 5) is 14.0. The minimum absolute atomic E-state index is 0.00809. The van der Waals surface area contributed by atoms with Crippen LogP contribution in [0.15, 0.2) is 24.3 Å². The van der Waals surface area contributed by atoms with Crippen LogP contribution in [0.3, 0.4) is 0 Å². The summed E-state index contributed by atoms with van der Waals surface area (Å²) in [7, 11) is 0. The van der Waals surface area contributed by atoms with Crippen molar-refractivity contribution in [3.05, 3.63) is 29.8 Å². The van der Waals surface area contributed by atoms with E-state index in [2.05, 4.69) is 29.2 Å². The van der Waals surface area contributed by atoms with E-state index in [1.807, 2.05) is 13.8 Å². The molecule has 0 spiro atoms. The van der Waals surface area contributed by atoms with Crippen molar-refractivity contribution in [2.24, 2.45) is 0 Å². The van der Waals surface area contributed by atoms with Crippen LogP contribution in [-0.2, 0) is 9.53 Å². The Hall–Kier alpha value is -1.35. The maximum absolute atomic E-state index is 11.7. The van der Waals surface area contributed by atoms with Gasteiger partial charge in [0.25, 0.3) is 0 Å². The number of benzene rings is 1. The molecule has 1 heterocycles. The molecule has 0 aromatic heterocycles. The van der Waals surface area contributed by atoms with Crippen LogP contribution in [-0.4, -0.2) is 32.1 Å². The molecule has 0 N–H and O–H groups in total. The van der Waals surface area contributed by atoms with Crippen LogP contribution >= 0.6 is 0 Å². The monoisotopic (exact) mass is 247 g/mol. The number of hydrogen-bond donors (Lipinski definition) is 0. The molecule has 1 aromatic rings. The third-order valence-corrected chi connectivity index (χ3v) is 3.60. The number of nitrogens with zero attached hydrogens (tertiary/aromatic N) is 1. The second-order valence-electron chi connectivity index (χ2n) is 4.73. The SMILES string of the molecule is CCC(=O)C(C)c1ccc(N2CCOCC2)cc1. The number of hydrogen-bond acceptors (Lipinski definition) is 3. The highest BCUT2D eigenvalue weighted by molar-refractivity contribution is 5.85. The number of carbonyl (C=O) groups excluding carboxylic acids is 1. The molecule has 0 bridgehead atoms. The Bertz CT molecular complexity index is 393. The van der Waals surface area contributed by atoms with Crippen molar-refractivity contribution in [3.8, 4) is 0 Å². The predicted octanol–water partition coefficient (Wildman–Crippen LogP) is 2.61. The lowest BCUT2D eigenvalue weighted by molar-refractivity contribution is -0.119. The van der Waals surface area contributed by atoms with Gasteiger partial charge in [0.05, 0.1) is 13.2 Å². The van der Waals surface area contributed by atoms with E-state index in [-0.39, 0.29) is 5.92 Å². The Labute approximate surface area is 109 Å². The fourth-order valence-corrected chi connectivity index (χ4v) is 2.29. The summed E-state index contributed by atoms with van der Waals surface area (Å²) in [6, 6.07) is 8.37. The fraction of sp³-hybridized carbons (Fsp3) is 0.533. The number of ether oxygens (including phenoxy) is 1. The molecule has 3 nitrogen and oxygen atoms in total. The van der Waals surface area contributed by atoms with Gasteiger partial charge in [0.15, 0.2) is 0 Å². The second-order valence-corrected chi connectivity index (χ2v) is 4.73. The number of rotatable bonds is 4. The molecule has 1 fully saturated rings. The van der Waals surface area contributed by atoms with Crippen molar-refractivity contribution in [1.29, 1.82) is 0 Å². The van der Waals surface area contributed by atoms with Gasteiger partial charge in [-0.05, 0) is 17.7 Å². The first-order valence-corrected chi connectivity index (χ1v) is 6.67. The van der Waals surface area contributed by atoms with Gasteiger partial charge in [-0.15, -0.1) is 0 Å². The number of morpholine rings is 1. The van der Waals surface area contributed by atoms with Crippen molar-refractivity contribution >= 4 is 11.5 Å². The molecule has 98 valence electrons. The van der Waals surface area contributed by atoms with Crippen LogP contribution in [0.2, 0.25) is 0 Å². The van der Waals surface area contributed by atoms with Gasteiger partial charge < -0.3 is 9.64 Å². The molecular formula is C15H21NO2. The Morgan fingerprint density at radius 3 is 2.44 bits per heavy atom. The van der Waals surface area contributed by atoms with Crippen molar-refractivity contribution in [2.75, 3.05) is 31.2 Å². The number of Topliss-reactive ketones (excluding diaryl/α,β-unsaturated/α-hetero) is 1. The fourth-order valence-electron chi connectivity index (χ4n) is 2.29. The number of carbonyl (C=O) groups is 1. The standard InChI is InChI=1S/C15H21NO2/c1-3-15(17)12(2)13-4-6-14(7-5-13)16-8-10-18-11-9-16/h4-7,12H,3,8-11H2,1-2H3. The quantitative estimate of drug-likeness (QED) is 0.819. The highest BCUT2D eigenvalue weighted by atomic mass is 16.5. The molecule has 1 atom stereocenters. The Kier molecular flexibility index (Phi) is 4.37. The highest BCUT2D eigenvalue weighted by Crippen LogP contribution is 2.22. The summed E-state index contributed by atoms with van der Waals surface area (Å²) in [6.45, 7) is 7.39. The van der Waals surface area contributed by atoms with Gasteiger partial charge in [-0.3, -0.25) is 4.79 Å². The lowest BCUT2D eigenvalue weighted by Gasteiger charge is -2.29. The summed E-state index contributed by atoms with van der Waals surface area (Å²) in [5.41, 5.74) is 2.33. The Morgan fingerprint density at radius 2 is 1.89 bits per heavy atom. The van der Waals surface area contributed by atoms with Crippen LogP contribution < -0.4 is 4.90 Å². The maximum Gasteiger partial charge on any atom is 0.139 e. The average molecular weight is 247 g/mol. The lowest BCUT2D eigenvalue weighted by Crippen LogP contribution is -2.36. The Balaban J connectivity index is 2.07. The predicted molar refractivity (Wildman–Crippen MR) is 73.2 cm³/mol. The van der Waals surface area contributed by atoms with Gasteiger partial charge in [0.2, 0.25) is 0 Å². The molecule has 0 amide bonds. The van der Waals surface area contributed by atoms with E-state index in [0.717, 1.165) is 31.9 Å². The normalized spacial score (nSPS) is 17.6. The van der Waals surface area contributed by atoms with Gasteiger partial charge in [-0.25, -0.2) is 0 Å². The average Bonchev–Trinajstić information content (AvgIpc) is 2.47. The lowest BCUT2D eigenvalue weighted by atomic mass is 9.95. The van der Waals surface area contributed by atoms with E-state index in [1.165, 1.54) is 5.69 Å². The van der Waals surface area contributed by atoms with Crippen LogP contribution in [0.25, 0.3) is 0 Å². The zero-order valence-electron chi connectivity index (χ0n) is 11.2. The molecule has 1 aliphatic heterocycles. The first-order chi connectivity index (χ1) is 8.72. The van der Waals surface area contributed by atoms with Crippen molar-refractivity contribution in [1.82, 2.24) is 0 Å². The van der Waals surface area contributed by atoms with Gasteiger partial charge in [0, 0.05) is 31.1 Å². The van der Waals surface area contributed by atoms with Crippen LogP contribution in [0.4, 0.5) is 5.69 Å². The minimum Gasteiger partial charge on any atom is -0.378 e. The number of ketones is 1. The van der Waals surface area contributed by atoms with Crippen molar-refractivity contribution in [3.63, 3.8) is 0 Å². The van der Waals surface area contributed by atoms with E-state index in [9.17, 15) is 4.79 Å². The summed E-state index contributed by atoms with van der Waals surface area (Å²) in [5.74, 6) is 0.308. The van der Waals surface area contributed by atoms with Gasteiger partial charge in [-0.2, -0.15) is 0 Å². The third kappa shape index (κ3) is 2.91. The van der Waals surface area contributed by atoms with Crippen molar-refractivity contribution < 1.29 is 9.53 Å². The summed E-state index contributed by atoms with van der Waals surface area (Å²) in [5, 5.41) is 0. The second kappa shape index (κ2) is 6.01. The largest absolute Gasteiger partial charge is 0.378 e. The van der Waals surface area contributed by atoms with Gasteiger partial charge in [0.1, 0.15) is 5.78 Å². The van der Waals surface area contributed by atoms with Crippen LogP contribution in [0, 0.1) is 0 Å². The highest BCUT2D eigenvalue weighted by Gasteiger charge is 2.15. The molecule has 1 saturated heterocycles. The zero-order chi connectivity index (χ0) is 13.0. The van der Waals surface area contributed by atoms with Gasteiger partial charge >= 0.3 is 0 Å². The van der Waals surface area contributed by atoms with E-state index < -0.39 is 0 Å².